The Kier molecular flexibility index (Phi) is 8.09. The number of hydrogen-bond acceptors (Lipinski definition) is 5. The lowest BCUT2D eigenvalue weighted by molar-refractivity contribution is 0.0893. The standard InChI is InChI=1S/C20H36N6O2/c1-4-21-20(22-9-5-10-27-13-16-8-11-28-14-16)23-17-6-7-18-24-19(15(2)3)25-26(18)12-17/h15-17H,4-14H2,1-3H3,(H2,21,22,23). The zero-order valence-electron chi connectivity index (χ0n) is 17.6. The zero-order valence-corrected chi connectivity index (χ0v) is 17.6. The highest BCUT2D eigenvalue weighted by molar-refractivity contribution is 5.80. The van der Waals surface area contributed by atoms with Crippen LogP contribution < -0.4 is 10.6 Å². The molecule has 1 aromatic rings. The summed E-state index contributed by atoms with van der Waals surface area (Å²) in [6.45, 7) is 12.1. The summed E-state index contributed by atoms with van der Waals surface area (Å²) in [5, 5.41) is 11.6. The molecule has 0 amide bonds. The van der Waals surface area contributed by atoms with Crippen molar-refractivity contribution in [3.8, 4) is 0 Å². The van der Waals surface area contributed by atoms with Gasteiger partial charge in [0.1, 0.15) is 5.82 Å². The van der Waals surface area contributed by atoms with Gasteiger partial charge in [-0.25, -0.2) is 9.67 Å². The lowest BCUT2D eigenvalue weighted by atomic mass is 10.1. The molecule has 2 atom stereocenters. The van der Waals surface area contributed by atoms with E-state index in [-0.39, 0.29) is 0 Å². The van der Waals surface area contributed by atoms with Crippen LogP contribution in [0.1, 0.15) is 57.6 Å². The third kappa shape index (κ3) is 6.17. The largest absolute Gasteiger partial charge is 0.381 e. The van der Waals surface area contributed by atoms with E-state index in [1.54, 1.807) is 0 Å². The van der Waals surface area contributed by atoms with Crippen molar-refractivity contribution in [2.24, 2.45) is 10.9 Å². The second-order valence-corrected chi connectivity index (χ2v) is 8.02. The van der Waals surface area contributed by atoms with E-state index < -0.39 is 0 Å². The van der Waals surface area contributed by atoms with Crippen molar-refractivity contribution in [1.82, 2.24) is 25.4 Å². The van der Waals surface area contributed by atoms with E-state index in [0.29, 0.717) is 17.9 Å². The predicted octanol–water partition coefficient (Wildman–Crippen LogP) is 1.71. The van der Waals surface area contributed by atoms with Crippen LogP contribution in [0.5, 0.6) is 0 Å². The van der Waals surface area contributed by atoms with Crippen molar-refractivity contribution in [3.63, 3.8) is 0 Å². The van der Waals surface area contributed by atoms with Crippen LogP contribution in [0.15, 0.2) is 4.99 Å². The molecule has 0 radical (unpaired) electrons. The minimum Gasteiger partial charge on any atom is -0.381 e. The Morgan fingerprint density at radius 1 is 1.39 bits per heavy atom. The number of rotatable bonds is 9. The first-order valence-corrected chi connectivity index (χ1v) is 10.8. The van der Waals surface area contributed by atoms with E-state index in [1.165, 1.54) is 0 Å². The number of aryl methyl sites for hydroxylation is 1. The number of aromatic nitrogens is 3. The molecule has 0 saturated carbocycles. The lowest BCUT2D eigenvalue weighted by Gasteiger charge is -2.25. The fourth-order valence-corrected chi connectivity index (χ4v) is 3.53. The molecule has 0 aliphatic carbocycles. The summed E-state index contributed by atoms with van der Waals surface area (Å²) < 4.78 is 13.2. The van der Waals surface area contributed by atoms with Gasteiger partial charge in [-0.1, -0.05) is 13.8 Å². The third-order valence-electron chi connectivity index (χ3n) is 5.17. The summed E-state index contributed by atoms with van der Waals surface area (Å²) in [4.78, 5) is 9.37. The van der Waals surface area contributed by atoms with Gasteiger partial charge < -0.3 is 20.1 Å². The number of nitrogens with zero attached hydrogens (tertiary/aromatic N) is 4. The fraction of sp³-hybridized carbons (Fsp3) is 0.850. The fourth-order valence-electron chi connectivity index (χ4n) is 3.53. The van der Waals surface area contributed by atoms with Gasteiger partial charge in [0.2, 0.25) is 0 Å². The Hall–Kier alpha value is -1.67. The van der Waals surface area contributed by atoms with Crippen LogP contribution in [0.25, 0.3) is 0 Å². The van der Waals surface area contributed by atoms with E-state index in [4.69, 9.17) is 14.5 Å². The van der Waals surface area contributed by atoms with E-state index >= 15 is 0 Å². The van der Waals surface area contributed by atoms with Crippen LogP contribution in [0, 0.1) is 5.92 Å². The van der Waals surface area contributed by atoms with Crippen molar-refractivity contribution in [3.05, 3.63) is 11.6 Å². The first-order chi connectivity index (χ1) is 13.7. The minimum atomic E-state index is 0.325. The average Bonchev–Trinajstić information content (AvgIpc) is 3.33. The Morgan fingerprint density at radius 2 is 2.29 bits per heavy atom. The molecular formula is C20H36N6O2. The number of fused-ring (bicyclic) bond motifs is 1. The molecule has 28 heavy (non-hydrogen) atoms. The van der Waals surface area contributed by atoms with Gasteiger partial charge in [-0.3, -0.25) is 4.99 Å². The van der Waals surface area contributed by atoms with Crippen LogP contribution in [0.3, 0.4) is 0 Å². The molecule has 3 heterocycles. The van der Waals surface area contributed by atoms with Crippen LogP contribution >= 0.6 is 0 Å². The summed E-state index contributed by atoms with van der Waals surface area (Å²) in [7, 11) is 0. The van der Waals surface area contributed by atoms with Crippen LogP contribution in [0.4, 0.5) is 0 Å². The first kappa shape index (κ1) is 21.0. The Morgan fingerprint density at radius 3 is 3.04 bits per heavy atom. The molecule has 8 nitrogen and oxygen atoms in total. The normalized spacial score (nSPS) is 22.5. The highest BCUT2D eigenvalue weighted by Crippen LogP contribution is 2.17. The lowest BCUT2D eigenvalue weighted by Crippen LogP contribution is -2.47. The molecule has 2 aliphatic rings. The molecule has 2 N–H and O–H groups in total. The molecule has 1 aromatic heterocycles. The smallest absolute Gasteiger partial charge is 0.191 e. The summed E-state index contributed by atoms with van der Waals surface area (Å²) in [6.07, 6.45) is 4.06. The van der Waals surface area contributed by atoms with Crippen molar-refractivity contribution in [2.45, 2.75) is 65.0 Å². The van der Waals surface area contributed by atoms with Crippen molar-refractivity contribution in [2.75, 3.05) is 39.5 Å². The van der Waals surface area contributed by atoms with Crippen molar-refractivity contribution < 1.29 is 9.47 Å². The summed E-state index contributed by atoms with van der Waals surface area (Å²) in [5.41, 5.74) is 0. The Labute approximate surface area is 168 Å². The van der Waals surface area contributed by atoms with E-state index in [9.17, 15) is 0 Å². The van der Waals surface area contributed by atoms with E-state index in [1.807, 2.05) is 0 Å². The number of guanidine groups is 1. The molecular weight excluding hydrogens is 356 g/mol. The molecule has 1 fully saturated rings. The van der Waals surface area contributed by atoms with Gasteiger partial charge in [0.15, 0.2) is 11.8 Å². The first-order valence-electron chi connectivity index (χ1n) is 10.8. The molecule has 0 aromatic carbocycles. The second kappa shape index (κ2) is 10.8. The maximum atomic E-state index is 5.76. The number of aliphatic imine (C=N–C) groups is 1. The topological polar surface area (TPSA) is 85.6 Å². The third-order valence-corrected chi connectivity index (χ3v) is 5.17. The maximum absolute atomic E-state index is 5.76. The SMILES string of the molecule is CCNC(=NCCCOCC1CCOC1)NC1CCc2nc(C(C)C)nn2C1. The molecule has 158 valence electrons. The van der Waals surface area contributed by atoms with E-state index in [2.05, 4.69) is 46.2 Å². The predicted molar refractivity (Wildman–Crippen MR) is 110 cm³/mol. The van der Waals surface area contributed by atoms with Gasteiger partial charge in [0.05, 0.1) is 19.8 Å². The van der Waals surface area contributed by atoms with Gasteiger partial charge in [-0.15, -0.1) is 0 Å². The van der Waals surface area contributed by atoms with E-state index in [0.717, 1.165) is 89.4 Å². The van der Waals surface area contributed by atoms with Gasteiger partial charge >= 0.3 is 0 Å². The highest BCUT2D eigenvalue weighted by atomic mass is 16.5. The Bertz CT molecular complexity index is 624. The molecule has 3 rings (SSSR count). The molecule has 1 saturated heterocycles. The zero-order chi connectivity index (χ0) is 19.8. The maximum Gasteiger partial charge on any atom is 0.191 e. The van der Waals surface area contributed by atoms with Crippen LogP contribution in [0.2, 0.25) is 0 Å². The molecule has 0 spiro atoms. The number of ether oxygens (including phenoxy) is 2. The number of hydrogen-bond donors (Lipinski definition) is 2. The van der Waals surface area contributed by atoms with Crippen LogP contribution in [-0.4, -0.2) is 66.3 Å². The molecule has 2 unspecified atom stereocenters. The molecule has 2 aliphatic heterocycles. The minimum absolute atomic E-state index is 0.325. The highest BCUT2D eigenvalue weighted by Gasteiger charge is 2.23. The Balaban J connectivity index is 1.41. The van der Waals surface area contributed by atoms with Gasteiger partial charge in [-0.05, 0) is 26.2 Å². The summed E-state index contributed by atoms with van der Waals surface area (Å²) in [6, 6.07) is 0.325. The second-order valence-electron chi connectivity index (χ2n) is 8.02. The summed E-state index contributed by atoms with van der Waals surface area (Å²) >= 11 is 0. The molecule has 8 heteroatoms. The van der Waals surface area contributed by atoms with Crippen LogP contribution in [-0.2, 0) is 22.4 Å². The van der Waals surface area contributed by atoms with Crippen molar-refractivity contribution >= 4 is 5.96 Å². The summed E-state index contributed by atoms with van der Waals surface area (Å²) in [5.74, 6) is 3.87. The molecule has 0 bridgehead atoms. The van der Waals surface area contributed by atoms with Gasteiger partial charge in [0.25, 0.3) is 0 Å². The average molecular weight is 393 g/mol. The van der Waals surface area contributed by atoms with Gasteiger partial charge in [0, 0.05) is 50.6 Å². The van der Waals surface area contributed by atoms with Crippen molar-refractivity contribution in [1.29, 1.82) is 0 Å². The number of nitrogens with one attached hydrogen (secondary N) is 2. The monoisotopic (exact) mass is 392 g/mol. The quantitative estimate of drug-likeness (QED) is 0.378. The van der Waals surface area contributed by atoms with Gasteiger partial charge in [-0.2, -0.15) is 5.10 Å².